The molecule has 0 saturated heterocycles. The molecule has 4 rings (SSSR count). The molecule has 0 fully saturated rings. The second kappa shape index (κ2) is 7.68. The van der Waals surface area contributed by atoms with Crippen LogP contribution in [-0.2, 0) is 6.42 Å². The van der Waals surface area contributed by atoms with Crippen molar-refractivity contribution in [3.63, 3.8) is 0 Å². The molecule has 132 valence electrons. The summed E-state index contributed by atoms with van der Waals surface area (Å²) in [5.41, 5.74) is 12.4. The van der Waals surface area contributed by atoms with Gasteiger partial charge in [-0.1, -0.05) is 47.1 Å². The van der Waals surface area contributed by atoms with Crippen LogP contribution in [0.25, 0.3) is 22.2 Å². The summed E-state index contributed by atoms with van der Waals surface area (Å²) < 4.78 is 5.48. The second-order valence-corrected chi connectivity index (χ2v) is 6.25. The van der Waals surface area contributed by atoms with Gasteiger partial charge in [0.15, 0.2) is 5.58 Å². The molecule has 0 amide bonds. The van der Waals surface area contributed by atoms with E-state index in [1.54, 1.807) is 6.20 Å². The van der Waals surface area contributed by atoms with Gasteiger partial charge in [0.25, 0.3) is 0 Å². The Balaban J connectivity index is 0.00000196. The van der Waals surface area contributed by atoms with Gasteiger partial charge in [-0.05, 0) is 36.8 Å². The molecule has 2 heterocycles. The fourth-order valence-corrected chi connectivity index (χ4v) is 3.14. The Hall–Kier alpha value is -2.69. The summed E-state index contributed by atoms with van der Waals surface area (Å²) in [4.78, 5) is 4.39. The van der Waals surface area contributed by atoms with Crippen molar-refractivity contribution in [2.75, 3.05) is 0 Å². The maximum Gasteiger partial charge on any atom is 0.167 e. The van der Waals surface area contributed by atoms with E-state index in [0.717, 1.165) is 33.5 Å². The Labute approximate surface area is 158 Å². The Morgan fingerprint density at radius 3 is 2.65 bits per heavy atom. The van der Waals surface area contributed by atoms with E-state index in [1.165, 1.54) is 5.56 Å². The number of aryl methyl sites for hydroxylation is 1. The van der Waals surface area contributed by atoms with Crippen LogP contribution in [0.1, 0.15) is 22.9 Å². The Bertz CT molecular complexity index is 1010. The first-order valence-electron chi connectivity index (χ1n) is 8.33. The Morgan fingerprint density at radius 2 is 1.85 bits per heavy atom. The van der Waals surface area contributed by atoms with E-state index in [9.17, 15) is 0 Å². The molecule has 0 spiro atoms. The monoisotopic (exact) mass is 365 g/mol. The second-order valence-electron chi connectivity index (χ2n) is 6.25. The number of rotatable bonds is 4. The number of aromatic nitrogens is 2. The number of benzene rings is 2. The molecule has 4 nitrogen and oxygen atoms in total. The molecule has 2 aromatic carbocycles. The maximum absolute atomic E-state index is 6.55. The van der Waals surface area contributed by atoms with Crippen molar-refractivity contribution in [1.29, 1.82) is 0 Å². The van der Waals surface area contributed by atoms with E-state index in [-0.39, 0.29) is 18.4 Å². The van der Waals surface area contributed by atoms with Crippen molar-refractivity contribution >= 4 is 23.4 Å². The topological polar surface area (TPSA) is 64.9 Å². The van der Waals surface area contributed by atoms with Crippen LogP contribution in [0.4, 0.5) is 0 Å². The molecule has 0 saturated carbocycles. The first-order valence-corrected chi connectivity index (χ1v) is 8.33. The lowest BCUT2D eigenvalue weighted by Gasteiger charge is -2.16. The highest BCUT2D eigenvalue weighted by atomic mass is 35.5. The minimum Gasteiger partial charge on any atom is -0.356 e. The van der Waals surface area contributed by atoms with E-state index < -0.39 is 0 Å². The van der Waals surface area contributed by atoms with Crippen LogP contribution in [0.3, 0.4) is 0 Å². The SMILES string of the molecule is Cc1ccc(-c2noc3ccccc23)c(C(N)Cc2ccccn2)c1.Cl. The lowest BCUT2D eigenvalue weighted by molar-refractivity contribution is 0.459. The van der Waals surface area contributed by atoms with Crippen molar-refractivity contribution < 1.29 is 4.52 Å². The Kier molecular flexibility index (Phi) is 5.35. The highest BCUT2D eigenvalue weighted by molar-refractivity contribution is 5.92. The van der Waals surface area contributed by atoms with Crippen LogP contribution in [-0.4, -0.2) is 10.1 Å². The van der Waals surface area contributed by atoms with Crippen molar-refractivity contribution in [3.05, 3.63) is 83.7 Å². The fourth-order valence-electron chi connectivity index (χ4n) is 3.14. The van der Waals surface area contributed by atoms with E-state index in [2.05, 4.69) is 35.3 Å². The first kappa shape index (κ1) is 18.1. The smallest absolute Gasteiger partial charge is 0.167 e. The van der Waals surface area contributed by atoms with Crippen LogP contribution in [0.15, 0.2) is 71.4 Å². The lowest BCUT2D eigenvalue weighted by atomic mass is 9.93. The first-order chi connectivity index (χ1) is 12.2. The zero-order valence-corrected chi connectivity index (χ0v) is 15.2. The third-order valence-corrected chi connectivity index (χ3v) is 4.39. The molecular weight excluding hydrogens is 346 g/mol. The van der Waals surface area contributed by atoms with Gasteiger partial charge < -0.3 is 10.3 Å². The molecule has 0 aliphatic heterocycles. The molecule has 0 radical (unpaired) electrons. The molecule has 5 heteroatoms. The number of nitrogens with two attached hydrogens (primary N) is 1. The van der Waals surface area contributed by atoms with Gasteiger partial charge in [0.2, 0.25) is 0 Å². The number of nitrogens with zero attached hydrogens (tertiary/aromatic N) is 2. The van der Waals surface area contributed by atoms with Crippen LogP contribution >= 0.6 is 12.4 Å². The predicted molar refractivity (Wildman–Crippen MR) is 106 cm³/mol. The quantitative estimate of drug-likeness (QED) is 0.560. The summed E-state index contributed by atoms with van der Waals surface area (Å²) in [5, 5.41) is 5.30. The molecule has 2 aromatic heterocycles. The number of fused-ring (bicyclic) bond motifs is 1. The molecule has 0 aliphatic carbocycles. The van der Waals surface area contributed by atoms with Crippen LogP contribution in [0.5, 0.6) is 0 Å². The predicted octanol–water partition coefficient (Wildman–Crippen LogP) is 4.86. The molecule has 0 bridgehead atoms. The molecule has 0 aliphatic rings. The van der Waals surface area contributed by atoms with Crippen LogP contribution in [0.2, 0.25) is 0 Å². The highest BCUT2D eigenvalue weighted by Gasteiger charge is 2.18. The molecule has 26 heavy (non-hydrogen) atoms. The van der Waals surface area contributed by atoms with E-state index in [1.807, 2.05) is 42.5 Å². The lowest BCUT2D eigenvalue weighted by Crippen LogP contribution is -2.15. The third-order valence-electron chi connectivity index (χ3n) is 4.39. The van der Waals surface area contributed by atoms with Crippen LogP contribution < -0.4 is 5.73 Å². The van der Waals surface area contributed by atoms with Gasteiger partial charge in [-0.2, -0.15) is 0 Å². The van der Waals surface area contributed by atoms with Crippen LogP contribution in [0, 0.1) is 6.92 Å². The van der Waals surface area contributed by atoms with Gasteiger partial charge in [-0.3, -0.25) is 4.98 Å². The number of para-hydroxylation sites is 1. The molecule has 1 unspecified atom stereocenters. The minimum atomic E-state index is -0.166. The van der Waals surface area contributed by atoms with Gasteiger partial charge in [0.1, 0.15) is 5.69 Å². The van der Waals surface area contributed by atoms with Gasteiger partial charge in [-0.15, -0.1) is 12.4 Å². The largest absolute Gasteiger partial charge is 0.356 e. The number of hydrogen-bond donors (Lipinski definition) is 1. The van der Waals surface area contributed by atoms with Gasteiger partial charge in [0, 0.05) is 35.3 Å². The zero-order chi connectivity index (χ0) is 17.2. The van der Waals surface area contributed by atoms with E-state index >= 15 is 0 Å². The van der Waals surface area contributed by atoms with E-state index in [0.29, 0.717) is 6.42 Å². The highest BCUT2D eigenvalue weighted by Crippen LogP contribution is 2.33. The molecule has 4 aromatic rings. The Morgan fingerprint density at radius 1 is 1.04 bits per heavy atom. The third kappa shape index (κ3) is 3.47. The minimum absolute atomic E-state index is 0. The molecule has 2 N–H and O–H groups in total. The van der Waals surface area contributed by atoms with Crippen molar-refractivity contribution in [3.8, 4) is 11.3 Å². The summed E-state index contributed by atoms with van der Waals surface area (Å²) in [6.07, 6.45) is 2.47. The van der Waals surface area contributed by atoms with Crippen molar-refractivity contribution in [2.24, 2.45) is 5.73 Å². The summed E-state index contributed by atoms with van der Waals surface area (Å²) in [5.74, 6) is 0. The summed E-state index contributed by atoms with van der Waals surface area (Å²) in [6.45, 7) is 2.07. The number of halogens is 1. The summed E-state index contributed by atoms with van der Waals surface area (Å²) in [7, 11) is 0. The summed E-state index contributed by atoms with van der Waals surface area (Å²) in [6, 6.07) is 19.9. The average molecular weight is 366 g/mol. The van der Waals surface area contributed by atoms with Crippen molar-refractivity contribution in [1.82, 2.24) is 10.1 Å². The number of hydrogen-bond acceptors (Lipinski definition) is 4. The molecular formula is C21H20ClN3O. The van der Waals surface area contributed by atoms with Gasteiger partial charge in [-0.25, -0.2) is 0 Å². The van der Waals surface area contributed by atoms with Crippen molar-refractivity contribution in [2.45, 2.75) is 19.4 Å². The zero-order valence-electron chi connectivity index (χ0n) is 14.4. The fraction of sp³-hybridized carbons (Fsp3) is 0.143. The van der Waals surface area contributed by atoms with E-state index in [4.69, 9.17) is 10.3 Å². The normalized spacial score (nSPS) is 11.9. The summed E-state index contributed by atoms with van der Waals surface area (Å²) >= 11 is 0. The average Bonchev–Trinajstić information content (AvgIpc) is 3.06. The standard InChI is InChI=1S/C21H19N3O.ClH/c1-14-9-10-16(21-17-7-2-3-8-20(17)25-24-21)18(12-14)19(22)13-15-6-4-5-11-23-15;/h2-12,19H,13,22H2,1H3;1H. The molecule has 1 atom stereocenters. The van der Waals surface area contributed by atoms with Gasteiger partial charge in [0.05, 0.1) is 0 Å². The maximum atomic E-state index is 6.55. The van der Waals surface area contributed by atoms with Gasteiger partial charge >= 0.3 is 0 Å². The number of pyridine rings is 1.